The molecule has 1 fully saturated rings. The van der Waals surface area contributed by atoms with Crippen LogP contribution in [0.2, 0.25) is 0 Å². The molecule has 17 heavy (non-hydrogen) atoms. The Balaban J connectivity index is 2.04. The van der Waals surface area contributed by atoms with Crippen LogP contribution in [-0.4, -0.2) is 29.4 Å². The number of hydrogen-bond acceptors (Lipinski definition) is 5. The van der Waals surface area contributed by atoms with Crippen LogP contribution in [0, 0.1) is 0 Å². The molecule has 0 saturated carbocycles. The van der Waals surface area contributed by atoms with Gasteiger partial charge in [-0.2, -0.15) is 0 Å². The maximum Gasteiger partial charge on any atom is 0.338 e. The average molecular weight is 269 g/mol. The number of rotatable bonds is 3. The Morgan fingerprint density at radius 2 is 1.94 bits per heavy atom. The average Bonchev–Trinajstić information content (AvgIpc) is 2.40. The molecule has 0 unspecified atom stereocenters. The summed E-state index contributed by atoms with van der Waals surface area (Å²) in [6.07, 6.45) is 0. The van der Waals surface area contributed by atoms with Crippen molar-refractivity contribution >= 4 is 35.2 Å². The first kappa shape index (κ1) is 12.6. The molecule has 1 aliphatic heterocycles. The highest BCUT2D eigenvalue weighted by Crippen LogP contribution is 2.27. The van der Waals surface area contributed by atoms with Crippen molar-refractivity contribution in [1.29, 1.82) is 0 Å². The van der Waals surface area contributed by atoms with Gasteiger partial charge in [-0.05, 0) is 31.2 Å². The quantitative estimate of drug-likeness (QED) is 0.787. The summed E-state index contributed by atoms with van der Waals surface area (Å²) < 4.78 is 4.95. The van der Waals surface area contributed by atoms with Gasteiger partial charge in [-0.3, -0.25) is 0 Å². The molecule has 0 radical (unpaired) electrons. The van der Waals surface area contributed by atoms with E-state index in [1.54, 1.807) is 0 Å². The summed E-state index contributed by atoms with van der Waals surface area (Å²) in [4.78, 5) is 13.8. The van der Waals surface area contributed by atoms with E-state index >= 15 is 0 Å². The third-order valence-electron chi connectivity index (χ3n) is 2.40. The lowest BCUT2D eigenvalue weighted by Gasteiger charge is -2.27. The minimum atomic E-state index is -0.249. The number of thioether (sulfide) groups is 2. The maximum atomic E-state index is 11.5. The molecule has 92 valence electrons. The molecule has 1 saturated heterocycles. The van der Waals surface area contributed by atoms with Crippen LogP contribution in [0.3, 0.4) is 0 Å². The van der Waals surface area contributed by atoms with Gasteiger partial charge in [0.1, 0.15) is 0 Å². The fourth-order valence-corrected chi connectivity index (χ4v) is 3.67. The Hall–Kier alpha value is -0.810. The molecule has 0 spiro atoms. The fourth-order valence-electron chi connectivity index (χ4n) is 1.56. The highest BCUT2D eigenvalue weighted by molar-refractivity contribution is 8.16. The van der Waals surface area contributed by atoms with Crippen molar-refractivity contribution in [1.82, 2.24) is 0 Å². The van der Waals surface area contributed by atoms with Crippen molar-refractivity contribution < 1.29 is 9.53 Å². The first-order valence-corrected chi connectivity index (χ1v) is 7.80. The molecule has 1 aromatic carbocycles. The van der Waals surface area contributed by atoms with Gasteiger partial charge in [-0.15, -0.1) is 23.5 Å². The second-order valence-electron chi connectivity index (χ2n) is 3.59. The number of esters is 1. The molecule has 0 aromatic heterocycles. The zero-order valence-corrected chi connectivity index (χ0v) is 11.4. The first-order valence-electron chi connectivity index (χ1n) is 5.49. The lowest BCUT2D eigenvalue weighted by Crippen LogP contribution is -2.25. The molecule has 1 aliphatic rings. The highest BCUT2D eigenvalue weighted by atomic mass is 32.2. The number of nitrogens with zero attached hydrogens (tertiary/aromatic N) is 1. The van der Waals surface area contributed by atoms with Gasteiger partial charge in [0.2, 0.25) is 0 Å². The summed E-state index contributed by atoms with van der Waals surface area (Å²) >= 11 is 3.83. The summed E-state index contributed by atoms with van der Waals surface area (Å²) in [5, 5.41) is 1.16. The number of benzene rings is 1. The normalized spacial score (nSPS) is 15.7. The van der Waals surface area contributed by atoms with Crippen LogP contribution in [0.4, 0.5) is 5.69 Å². The summed E-state index contributed by atoms with van der Waals surface area (Å²) in [5.41, 5.74) is 1.78. The minimum absolute atomic E-state index is 0.249. The predicted molar refractivity (Wildman–Crippen MR) is 74.7 cm³/mol. The van der Waals surface area contributed by atoms with Crippen molar-refractivity contribution in [3.05, 3.63) is 29.8 Å². The molecular weight excluding hydrogens is 254 g/mol. The van der Waals surface area contributed by atoms with Crippen LogP contribution in [0.25, 0.3) is 0 Å². The van der Waals surface area contributed by atoms with E-state index in [4.69, 9.17) is 4.74 Å². The van der Waals surface area contributed by atoms with Crippen LogP contribution in [0.15, 0.2) is 24.3 Å². The first-order chi connectivity index (χ1) is 8.31. The van der Waals surface area contributed by atoms with Crippen molar-refractivity contribution in [3.8, 4) is 0 Å². The topological polar surface area (TPSA) is 29.5 Å². The number of hydrogen-bond donors (Lipinski definition) is 0. The van der Waals surface area contributed by atoms with E-state index in [1.165, 1.54) is 0 Å². The van der Waals surface area contributed by atoms with Crippen LogP contribution in [-0.2, 0) is 4.74 Å². The molecule has 5 heteroatoms. The zero-order valence-electron chi connectivity index (χ0n) is 9.72. The maximum absolute atomic E-state index is 11.5. The van der Waals surface area contributed by atoms with E-state index in [1.807, 2.05) is 54.7 Å². The SMILES string of the molecule is CCOC(=O)c1ccc(N2CSCSC2)cc1. The lowest BCUT2D eigenvalue weighted by atomic mass is 10.2. The second-order valence-corrected chi connectivity index (χ2v) is 5.87. The monoisotopic (exact) mass is 269 g/mol. The van der Waals surface area contributed by atoms with Crippen molar-refractivity contribution in [3.63, 3.8) is 0 Å². The van der Waals surface area contributed by atoms with Gasteiger partial charge in [0.15, 0.2) is 0 Å². The highest BCUT2D eigenvalue weighted by Gasteiger charge is 2.12. The third-order valence-corrected chi connectivity index (χ3v) is 4.73. The Kier molecular flexibility index (Phi) is 4.62. The van der Waals surface area contributed by atoms with E-state index in [0.29, 0.717) is 12.2 Å². The Morgan fingerprint density at radius 3 is 2.53 bits per heavy atom. The smallest absolute Gasteiger partial charge is 0.338 e. The lowest BCUT2D eigenvalue weighted by molar-refractivity contribution is 0.0526. The summed E-state index contributed by atoms with van der Waals surface area (Å²) in [6.45, 7) is 2.23. The molecule has 0 N–H and O–H groups in total. The predicted octanol–water partition coefficient (Wildman–Crippen LogP) is 3.02. The molecule has 0 bridgehead atoms. The van der Waals surface area contributed by atoms with Crippen LogP contribution < -0.4 is 4.90 Å². The molecule has 0 amide bonds. The number of carbonyl (C=O) groups is 1. The number of anilines is 1. The summed E-state index contributed by atoms with van der Waals surface area (Å²) in [5.74, 6) is 1.79. The molecule has 1 aromatic rings. The van der Waals surface area contributed by atoms with Crippen molar-refractivity contribution in [2.75, 3.05) is 28.3 Å². The van der Waals surface area contributed by atoms with E-state index < -0.39 is 0 Å². The van der Waals surface area contributed by atoms with Gasteiger partial charge in [0.25, 0.3) is 0 Å². The minimum Gasteiger partial charge on any atom is -0.462 e. The molecule has 2 rings (SSSR count). The Morgan fingerprint density at radius 1 is 1.29 bits per heavy atom. The van der Waals surface area contributed by atoms with Crippen LogP contribution >= 0.6 is 23.5 Å². The van der Waals surface area contributed by atoms with Gasteiger partial charge in [0.05, 0.1) is 23.9 Å². The largest absolute Gasteiger partial charge is 0.462 e. The molecular formula is C12H15NO2S2. The molecule has 0 atom stereocenters. The Bertz CT molecular complexity index is 375. The third kappa shape index (κ3) is 3.33. The summed E-state index contributed by atoms with van der Waals surface area (Å²) in [6, 6.07) is 7.63. The fraction of sp³-hybridized carbons (Fsp3) is 0.417. The Labute approximate surface area is 110 Å². The second kappa shape index (κ2) is 6.21. The van der Waals surface area contributed by atoms with Gasteiger partial charge in [-0.25, -0.2) is 4.79 Å². The van der Waals surface area contributed by atoms with E-state index in [9.17, 15) is 4.79 Å². The standard InChI is InChI=1S/C12H15NO2S2/c1-2-15-12(14)10-3-5-11(6-4-10)13-7-16-9-17-8-13/h3-6H,2,7-9H2,1H3. The molecule has 0 aliphatic carbocycles. The van der Waals surface area contributed by atoms with Gasteiger partial charge in [-0.1, -0.05) is 0 Å². The number of ether oxygens (including phenoxy) is 1. The van der Waals surface area contributed by atoms with E-state index in [2.05, 4.69) is 4.90 Å². The van der Waals surface area contributed by atoms with E-state index in [-0.39, 0.29) is 5.97 Å². The van der Waals surface area contributed by atoms with Crippen molar-refractivity contribution in [2.24, 2.45) is 0 Å². The summed E-state index contributed by atoms with van der Waals surface area (Å²) in [7, 11) is 0. The van der Waals surface area contributed by atoms with Crippen LogP contribution in [0.1, 0.15) is 17.3 Å². The van der Waals surface area contributed by atoms with E-state index in [0.717, 1.165) is 22.5 Å². The van der Waals surface area contributed by atoms with Gasteiger partial charge in [0, 0.05) is 10.8 Å². The van der Waals surface area contributed by atoms with Gasteiger partial charge < -0.3 is 9.64 Å². The molecule has 3 nitrogen and oxygen atoms in total. The van der Waals surface area contributed by atoms with Gasteiger partial charge >= 0.3 is 5.97 Å². The molecule has 1 heterocycles. The van der Waals surface area contributed by atoms with Crippen molar-refractivity contribution in [2.45, 2.75) is 6.92 Å². The zero-order chi connectivity index (χ0) is 12.1. The number of carbonyl (C=O) groups excluding carboxylic acids is 1. The van der Waals surface area contributed by atoms with Crippen LogP contribution in [0.5, 0.6) is 0 Å².